The zero-order chi connectivity index (χ0) is 11.4. The molecule has 1 aromatic rings. The van der Waals surface area contributed by atoms with E-state index in [1.165, 1.54) is 12.3 Å². The number of nitro groups is 1. The molecule has 0 aliphatic heterocycles. The van der Waals surface area contributed by atoms with Gasteiger partial charge in [-0.1, -0.05) is 0 Å². The molecule has 0 atom stereocenters. The number of nitrogens with zero attached hydrogens (tertiary/aromatic N) is 3. The van der Waals surface area contributed by atoms with Crippen LogP contribution < -0.4 is 4.90 Å². The highest BCUT2D eigenvalue weighted by molar-refractivity contribution is 9.10. The van der Waals surface area contributed by atoms with Crippen LogP contribution in [0.2, 0.25) is 0 Å². The number of hydrogen-bond donors (Lipinski definition) is 0. The summed E-state index contributed by atoms with van der Waals surface area (Å²) in [7, 11) is 0. The van der Waals surface area contributed by atoms with Gasteiger partial charge in [-0.3, -0.25) is 10.1 Å². The van der Waals surface area contributed by atoms with Gasteiger partial charge in [0.15, 0.2) is 0 Å². The summed E-state index contributed by atoms with van der Waals surface area (Å²) in [6, 6.07) is 1.47. The Morgan fingerprint density at radius 2 is 2.13 bits per heavy atom. The molecule has 82 valence electrons. The molecular formula is C9H12BrN3O2. The first kappa shape index (κ1) is 11.9. The van der Waals surface area contributed by atoms with Crippen molar-refractivity contribution in [3.05, 3.63) is 26.9 Å². The molecule has 0 aromatic carbocycles. The van der Waals surface area contributed by atoms with Crippen LogP contribution in [-0.2, 0) is 0 Å². The van der Waals surface area contributed by atoms with Crippen molar-refractivity contribution >= 4 is 27.4 Å². The van der Waals surface area contributed by atoms with E-state index in [4.69, 9.17) is 0 Å². The van der Waals surface area contributed by atoms with E-state index in [1.807, 2.05) is 18.7 Å². The Hall–Kier alpha value is -1.17. The molecule has 1 aromatic heterocycles. The van der Waals surface area contributed by atoms with Crippen LogP contribution in [0.4, 0.5) is 11.5 Å². The molecule has 0 saturated heterocycles. The van der Waals surface area contributed by atoms with E-state index in [9.17, 15) is 10.1 Å². The fraction of sp³-hybridized carbons (Fsp3) is 0.444. The Morgan fingerprint density at radius 3 is 2.53 bits per heavy atom. The van der Waals surface area contributed by atoms with Crippen molar-refractivity contribution in [2.45, 2.75) is 13.8 Å². The summed E-state index contributed by atoms with van der Waals surface area (Å²) in [6.45, 7) is 5.66. The minimum absolute atomic E-state index is 0.00205. The average Bonchev–Trinajstić information content (AvgIpc) is 2.21. The van der Waals surface area contributed by atoms with Crippen LogP contribution in [0.1, 0.15) is 13.8 Å². The van der Waals surface area contributed by atoms with Gasteiger partial charge in [-0.05, 0) is 29.8 Å². The summed E-state index contributed by atoms with van der Waals surface area (Å²) in [4.78, 5) is 16.2. The number of halogens is 1. The summed E-state index contributed by atoms with van der Waals surface area (Å²) < 4.78 is 0.653. The summed E-state index contributed by atoms with van der Waals surface area (Å²) in [5.41, 5.74) is -0.00205. The number of rotatable bonds is 4. The molecule has 0 radical (unpaired) electrons. The molecule has 0 bridgehead atoms. The highest BCUT2D eigenvalue weighted by Gasteiger charge is 2.13. The van der Waals surface area contributed by atoms with Gasteiger partial charge < -0.3 is 4.90 Å². The number of hydrogen-bond acceptors (Lipinski definition) is 4. The summed E-state index contributed by atoms with van der Waals surface area (Å²) in [5, 5.41) is 10.5. The van der Waals surface area contributed by atoms with Gasteiger partial charge in [0.05, 0.1) is 9.40 Å². The summed E-state index contributed by atoms with van der Waals surface area (Å²) in [5.74, 6) is 0.741. The van der Waals surface area contributed by atoms with E-state index in [0.717, 1.165) is 18.9 Å². The molecule has 0 unspecified atom stereocenters. The lowest BCUT2D eigenvalue weighted by Crippen LogP contribution is -2.23. The Morgan fingerprint density at radius 1 is 1.53 bits per heavy atom. The van der Waals surface area contributed by atoms with Crippen molar-refractivity contribution in [2.75, 3.05) is 18.0 Å². The molecule has 0 aliphatic rings. The molecule has 0 N–H and O–H groups in total. The fourth-order valence-corrected chi connectivity index (χ4v) is 1.86. The van der Waals surface area contributed by atoms with Crippen LogP contribution in [0.5, 0.6) is 0 Å². The molecule has 15 heavy (non-hydrogen) atoms. The highest BCUT2D eigenvalue weighted by atomic mass is 79.9. The van der Waals surface area contributed by atoms with E-state index in [0.29, 0.717) is 4.47 Å². The zero-order valence-corrected chi connectivity index (χ0v) is 10.2. The molecule has 6 heteroatoms. The monoisotopic (exact) mass is 273 g/mol. The van der Waals surface area contributed by atoms with Crippen LogP contribution in [-0.4, -0.2) is 23.0 Å². The number of aromatic nitrogens is 1. The molecule has 0 amide bonds. The van der Waals surface area contributed by atoms with Crippen LogP contribution in [0, 0.1) is 10.1 Å². The third-order valence-electron chi connectivity index (χ3n) is 2.08. The van der Waals surface area contributed by atoms with Gasteiger partial charge in [-0.15, -0.1) is 0 Å². The molecule has 1 heterocycles. The molecule has 0 spiro atoms. The van der Waals surface area contributed by atoms with E-state index >= 15 is 0 Å². The Labute approximate surface area is 96.4 Å². The second-order valence-electron chi connectivity index (χ2n) is 2.93. The largest absolute Gasteiger partial charge is 0.356 e. The van der Waals surface area contributed by atoms with Gasteiger partial charge >= 0.3 is 0 Å². The first-order chi connectivity index (χ1) is 7.10. The minimum Gasteiger partial charge on any atom is -0.356 e. The quantitative estimate of drug-likeness (QED) is 0.625. The van der Waals surface area contributed by atoms with Crippen molar-refractivity contribution < 1.29 is 4.92 Å². The van der Waals surface area contributed by atoms with Gasteiger partial charge in [-0.25, -0.2) is 4.98 Å². The van der Waals surface area contributed by atoms with Crippen LogP contribution in [0.3, 0.4) is 0 Å². The lowest BCUT2D eigenvalue weighted by Gasteiger charge is -2.20. The van der Waals surface area contributed by atoms with Gasteiger partial charge in [-0.2, -0.15) is 0 Å². The first-order valence-corrected chi connectivity index (χ1v) is 5.44. The maximum absolute atomic E-state index is 10.5. The summed E-state index contributed by atoms with van der Waals surface area (Å²) in [6.07, 6.45) is 1.28. The number of anilines is 1. The predicted molar refractivity (Wildman–Crippen MR) is 62.2 cm³/mol. The molecule has 0 saturated carbocycles. The second kappa shape index (κ2) is 5.06. The first-order valence-electron chi connectivity index (χ1n) is 4.65. The zero-order valence-electron chi connectivity index (χ0n) is 8.61. The van der Waals surface area contributed by atoms with Crippen molar-refractivity contribution in [1.82, 2.24) is 4.98 Å². The van der Waals surface area contributed by atoms with Gasteiger partial charge in [0, 0.05) is 19.2 Å². The predicted octanol–water partition coefficient (Wildman–Crippen LogP) is 2.60. The van der Waals surface area contributed by atoms with Crippen molar-refractivity contribution in [1.29, 1.82) is 0 Å². The third-order valence-corrected chi connectivity index (χ3v) is 2.66. The van der Waals surface area contributed by atoms with E-state index in [-0.39, 0.29) is 5.69 Å². The van der Waals surface area contributed by atoms with Crippen LogP contribution in [0.25, 0.3) is 0 Å². The van der Waals surface area contributed by atoms with Crippen LogP contribution >= 0.6 is 15.9 Å². The minimum atomic E-state index is -0.455. The second-order valence-corrected chi connectivity index (χ2v) is 3.78. The Bertz CT molecular complexity index is 366. The van der Waals surface area contributed by atoms with Crippen molar-refractivity contribution in [2.24, 2.45) is 0 Å². The van der Waals surface area contributed by atoms with Crippen LogP contribution in [0.15, 0.2) is 16.7 Å². The standard InChI is InChI=1S/C9H12BrN3O2/c1-3-12(4-2)9-8(10)5-7(6-11-9)13(14)15/h5-6H,3-4H2,1-2H3. The molecule has 0 fully saturated rings. The smallest absolute Gasteiger partial charge is 0.288 e. The molecule has 0 aliphatic carbocycles. The van der Waals surface area contributed by atoms with E-state index in [2.05, 4.69) is 20.9 Å². The van der Waals surface area contributed by atoms with Crippen molar-refractivity contribution in [3.8, 4) is 0 Å². The maximum atomic E-state index is 10.5. The topological polar surface area (TPSA) is 59.3 Å². The molecule has 1 rings (SSSR count). The van der Waals surface area contributed by atoms with Gasteiger partial charge in [0.25, 0.3) is 5.69 Å². The SMILES string of the molecule is CCN(CC)c1ncc([N+](=O)[O-])cc1Br. The average molecular weight is 274 g/mol. The molecule has 5 nitrogen and oxygen atoms in total. The lowest BCUT2D eigenvalue weighted by molar-refractivity contribution is -0.385. The normalized spacial score (nSPS) is 10.1. The maximum Gasteiger partial charge on any atom is 0.288 e. The Balaban J connectivity index is 3.07. The number of pyridine rings is 1. The lowest BCUT2D eigenvalue weighted by atomic mass is 10.4. The fourth-order valence-electron chi connectivity index (χ4n) is 1.28. The van der Waals surface area contributed by atoms with E-state index in [1.54, 1.807) is 0 Å². The molecular weight excluding hydrogens is 262 g/mol. The third kappa shape index (κ3) is 2.65. The Kier molecular flexibility index (Phi) is 4.02. The van der Waals surface area contributed by atoms with Crippen molar-refractivity contribution in [3.63, 3.8) is 0 Å². The van der Waals surface area contributed by atoms with Gasteiger partial charge in [0.2, 0.25) is 0 Å². The highest BCUT2D eigenvalue weighted by Crippen LogP contribution is 2.27. The van der Waals surface area contributed by atoms with E-state index < -0.39 is 4.92 Å². The summed E-state index contributed by atoms with van der Waals surface area (Å²) >= 11 is 3.29. The van der Waals surface area contributed by atoms with Gasteiger partial charge in [0.1, 0.15) is 12.0 Å².